The third-order valence-corrected chi connectivity index (χ3v) is 6.58. The first kappa shape index (κ1) is 26.6. The Balaban J connectivity index is 1.44. The van der Waals surface area contributed by atoms with Gasteiger partial charge in [-0.3, -0.25) is 14.3 Å². The van der Waals surface area contributed by atoms with Gasteiger partial charge in [0.25, 0.3) is 0 Å². The number of carbonyl (C=O) groups excluding carboxylic acids is 2. The molecule has 10 heteroatoms. The van der Waals surface area contributed by atoms with Crippen LogP contribution in [0.4, 0.5) is 4.79 Å². The zero-order valence-corrected chi connectivity index (χ0v) is 22.0. The van der Waals surface area contributed by atoms with Gasteiger partial charge in [0, 0.05) is 29.2 Å². The molecule has 1 fully saturated rings. The maximum atomic E-state index is 13.6. The number of rotatable bonds is 9. The van der Waals surface area contributed by atoms with Crippen LogP contribution in [0.1, 0.15) is 33.1 Å². The number of hydrogen-bond acceptors (Lipinski definition) is 7. The number of hydrogen-bond donors (Lipinski definition) is 1. The second-order valence-corrected chi connectivity index (χ2v) is 9.46. The molecule has 0 saturated carbocycles. The minimum atomic E-state index is -0.583. The Morgan fingerprint density at radius 3 is 2.36 bits per heavy atom. The lowest BCUT2D eigenvalue weighted by Gasteiger charge is -2.26. The number of ketones is 1. The summed E-state index contributed by atoms with van der Waals surface area (Å²) in [5, 5.41) is 12.0. The van der Waals surface area contributed by atoms with E-state index in [0.717, 1.165) is 18.7 Å². The molecule has 1 saturated heterocycles. The summed E-state index contributed by atoms with van der Waals surface area (Å²) in [6.45, 7) is 3.46. The third-order valence-electron chi connectivity index (χ3n) is 6.35. The number of alkyl carbamates (subject to hydrolysis) is 1. The molecule has 0 atom stereocenters. The highest BCUT2D eigenvalue weighted by Gasteiger charge is 2.23. The van der Waals surface area contributed by atoms with Crippen molar-refractivity contribution in [3.63, 3.8) is 0 Å². The van der Waals surface area contributed by atoms with E-state index in [4.69, 9.17) is 21.1 Å². The van der Waals surface area contributed by atoms with Crippen molar-refractivity contribution < 1.29 is 19.1 Å². The van der Waals surface area contributed by atoms with Gasteiger partial charge in [0.2, 0.25) is 0 Å². The van der Waals surface area contributed by atoms with Crippen LogP contribution in [0, 0.1) is 0 Å². The van der Waals surface area contributed by atoms with E-state index in [-0.39, 0.29) is 18.9 Å². The van der Waals surface area contributed by atoms with Crippen LogP contribution < -0.4 is 5.32 Å². The lowest BCUT2D eigenvalue weighted by molar-refractivity contribution is 0.0328. The maximum Gasteiger partial charge on any atom is 0.407 e. The Bertz CT molecular complexity index is 1420. The molecule has 1 aliphatic rings. The summed E-state index contributed by atoms with van der Waals surface area (Å²) in [5.74, 6) is 0.912. The van der Waals surface area contributed by atoms with Crippen molar-refractivity contribution in [3.05, 3.63) is 112 Å². The van der Waals surface area contributed by atoms with Gasteiger partial charge in [-0.05, 0) is 23.8 Å². The predicted octanol–water partition coefficient (Wildman–Crippen LogP) is 4.41. The molecule has 3 aromatic carbocycles. The molecule has 0 spiro atoms. The van der Waals surface area contributed by atoms with Gasteiger partial charge in [-0.25, -0.2) is 4.79 Å². The van der Waals surface area contributed by atoms with Crippen molar-refractivity contribution in [2.24, 2.45) is 0 Å². The van der Waals surface area contributed by atoms with Crippen LogP contribution in [0.2, 0.25) is 5.02 Å². The van der Waals surface area contributed by atoms with Crippen LogP contribution in [-0.4, -0.2) is 57.8 Å². The summed E-state index contributed by atoms with van der Waals surface area (Å²) in [6.07, 6.45) is -0.583. The molecule has 1 amide bonds. The highest BCUT2D eigenvalue weighted by molar-refractivity contribution is 6.31. The summed E-state index contributed by atoms with van der Waals surface area (Å²) < 4.78 is 12.7. The molecule has 5 rings (SSSR count). The molecule has 9 nitrogen and oxygen atoms in total. The Morgan fingerprint density at radius 1 is 0.923 bits per heavy atom. The number of aromatic nitrogens is 3. The van der Waals surface area contributed by atoms with Crippen molar-refractivity contribution in [1.82, 2.24) is 25.0 Å². The van der Waals surface area contributed by atoms with Crippen molar-refractivity contribution in [1.29, 1.82) is 0 Å². The van der Waals surface area contributed by atoms with E-state index >= 15 is 0 Å². The maximum absolute atomic E-state index is 13.6. The molecule has 2 heterocycles. The predicted molar refractivity (Wildman–Crippen MR) is 146 cm³/mol. The highest BCUT2D eigenvalue weighted by atomic mass is 35.5. The fraction of sp³-hybridized carbons (Fsp3) is 0.241. The van der Waals surface area contributed by atoms with Gasteiger partial charge in [-0.15, -0.1) is 10.2 Å². The second kappa shape index (κ2) is 12.7. The van der Waals surface area contributed by atoms with E-state index in [1.54, 1.807) is 30.3 Å². The van der Waals surface area contributed by atoms with Crippen LogP contribution >= 0.6 is 11.6 Å². The number of amides is 1. The van der Waals surface area contributed by atoms with Crippen LogP contribution in [-0.2, 0) is 29.2 Å². The van der Waals surface area contributed by atoms with E-state index < -0.39 is 6.09 Å². The van der Waals surface area contributed by atoms with Crippen molar-refractivity contribution in [2.45, 2.75) is 19.7 Å². The van der Waals surface area contributed by atoms with Crippen LogP contribution in [0.15, 0.2) is 78.9 Å². The lowest BCUT2D eigenvalue weighted by atomic mass is 10.0. The number of benzene rings is 3. The van der Waals surface area contributed by atoms with Crippen LogP contribution in [0.25, 0.3) is 5.69 Å². The summed E-state index contributed by atoms with van der Waals surface area (Å²) in [6, 6.07) is 23.6. The van der Waals surface area contributed by atoms with Crippen LogP contribution in [0.3, 0.4) is 0 Å². The Kier molecular flexibility index (Phi) is 8.62. The average molecular weight is 546 g/mol. The van der Waals surface area contributed by atoms with E-state index in [1.807, 2.05) is 53.1 Å². The van der Waals surface area contributed by atoms with Crippen LogP contribution in [0.5, 0.6) is 0 Å². The molecule has 0 unspecified atom stereocenters. The van der Waals surface area contributed by atoms with Gasteiger partial charge in [-0.1, -0.05) is 72.3 Å². The molecule has 1 aromatic heterocycles. The van der Waals surface area contributed by atoms with Gasteiger partial charge in [-0.2, -0.15) is 0 Å². The van der Waals surface area contributed by atoms with Crippen molar-refractivity contribution in [3.8, 4) is 5.69 Å². The molecule has 0 bridgehead atoms. The minimum absolute atomic E-state index is 0.0470. The molecule has 4 aromatic rings. The number of halogens is 1. The lowest BCUT2D eigenvalue weighted by Crippen LogP contribution is -2.36. The van der Waals surface area contributed by atoms with Gasteiger partial charge >= 0.3 is 6.09 Å². The summed E-state index contributed by atoms with van der Waals surface area (Å²) in [4.78, 5) is 28.3. The summed E-state index contributed by atoms with van der Waals surface area (Å²) in [5.41, 5.74) is 2.41. The first-order chi connectivity index (χ1) is 19.1. The topological polar surface area (TPSA) is 98.6 Å². The first-order valence-electron chi connectivity index (χ1n) is 12.7. The van der Waals surface area contributed by atoms with E-state index in [9.17, 15) is 9.59 Å². The standard InChI is InChI=1S/C29H28ClN5O4/c30-23-11-12-25(24(17-23)28(36)22-9-5-2-6-10-22)35-26(32-33-27(35)19-34-13-15-38-16-14-34)18-31-29(37)39-20-21-7-3-1-4-8-21/h1-12,17H,13-16,18-20H2,(H,31,37). The summed E-state index contributed by atoms with van der Waals surface area (Å²) >= 11 is 6.34. The molecule has 0 aliphatic carbocycles. The smallest absolute Gasteiger partial charge is 0.407 e. The molecule has 1 N–H and O–H groups in total. The van der Waals surface area contributed by atoms with Gasteiger partial charge in [0.05, 0.1) is 32.0 Å². The highest BCUT2D eigenvalue weighted by Crippen LogP contribution is 2.26. The van der Waals surface area contributed by atoms with E-state index in [0.29, 0.717) is 53.2 Å². The van der Waals surface area contributed by atoms with E-state index in [2.05, 4.69) is 20.4 Å². The molecule has 200 valence electrons. The molecular formula is C29H28ClN5O4. The van der Waals surface area contributed by atoms with Gasteiger partial charge in [0.1, 0.15) is 6.61 Å². The van der Waals surface area contributed by atoms with Crippen molar-refractivity contribution in [2.75, 3.05) is 26.3 Å². The fourth-order valence-electron chi connectivity index (χ4n) is 4.36. The Hall–Kier alpha value is -4.05. The molecule has 39 heavy (non-hydrogen) atoms. The molecule has 0 radical (unpaired) electrons. The largest absolute Gasteiger partial charge is 0.445 e. The Labute approximate surface area is 231 Å². The quantitative estimate of drug-likeness (QED) is 0.311. The van der Waals surface area contributed by atoms with Gasteiger partial charge < -0.3 is 14.8 Å². The monoisotopic (exact) mass is 545 g/mol. The first-order valence-corrected chi connectivity index (χ1v) is 13.0. The normalized spacial score (nSPS) is 13.7. The fourth-order valence-corrected chi connectivity index (χ4v) is 4.54. The minimum Gasteiger partial charge on any atom is -0.445 e. The number of nitrogens with one attached hydrogen (secondary N) is 1. The average Bonchev–Trinajstić information content (AvgIpc) is 3.38. The van der Waals surface area contributed by atoms with Crippen molar-refractivity contribution >= 4 is 23.5 Å². The number of ether oxygens (including phenoxy) is 2. The zero-order valence-electron chi connectivity index (χ0n) is 21.3. The molecular weight excluding hydrogens is 518 g/mol. The SMILES string of the molecule is O=C(NCc1nnc(CN2CCOCC2)n1-c1ccc(Cl)cc1C(=O)c1ccccc1)OCc1ccccc1. The third kappa shape index (κ3) is 6.69. The summed E-state index contributed by atoms with van der Waals surface area (Å²) in [7, 11) is 0. The molecule has 1 aliphatic heterocycles. The second-order valence-electron chi connectivity index (χ2n) is 9.03. The van der Waals surface area contributed by atoms with Gasteiger partial charge in [0.15, 0.2) is 17.4 Å². The number of morpholine rings is 1. The number of carbonyl (C=O) groups is 2. The zero-order chi connectivity index (χ0) is 27.0. The Morgan fingerprint density at radius 2 is 1.62 bits per heavy atom. The number of nitrogens with zero attached hydrogens (tertiary/aromatic N) is 4. The van der Waals surface area contributed by atoms with E-state index in [1.165, 1.54) is 0 Å².